The Morgan fingerprint density at radius 2 is 1.83 bits per heavy atom. The van der Waals surface area contributed by atoms with Crippen molar-refractivity contribution >= 4 is 17.9 Å². The molecule has 1 unspecified atom stereocenters. The largest absolute Gasteiger partial charge is 0.493 e. The van der Waals surface area contributed by atoms with E-state index in [0.29, 0.717) is 22.8 Å². The second-order valence-corrected chi connectivity index (χ2v) is 7.58. The van der Waals surface area contributed by atoms with Gasteiger partial charge in [0.2, 0.25) is 0 Å². The van der Waals surface area contributed by atoms with Crippen molar-refractivity contribution in [1.82, 2.24) is 15.2 Å². The number of aliphatic hydroxyl groups is 1. The van der Waals surface area contributed by atoms with Gasteiger partial charge in [-0.1, -0.05) is 48.5 Å². The first-order valence-corrected chi connectivity index (χ1v) is 10.8. The summed E-state index contributed by atoms with van der Waals surface area (Å²) in [4.78, 5) is 12.5. The average molecular weight is 472 g/mol. The summed E-state index contributed by atoms with van der Waals surface area (Å²) in [6, 6.07) is 23.8. The molecule has 1 heterocycles. The van der Waals surface area contributed by atoms with Gasteiger partial charge >= 0.3 is 0 Å². The highest BCUT2D eigenvalue weighted by atomic mass is 16.5. The molecule has 0 aliphatic carbocycles. The molecule has 3 aromatic carbocycles. The summed E-state index contributed by atoms with van der Waals surface area (Å²) in [6.07, 6.45) is 2.01. The van der Waals surface area contributed by atoms with Crippen molar-refractivity contribution in [3.63, 3.8) is 0 Å². The van der Waals surface area contributed by atoms with Crippen LogP contribution in [0.3, 0.4) is 0 Å². The lowest BCUT2D eigenvalue weighted by molar-refractivity contribution is 0.0955. The van der Waals surface area contributed by atoms with Gasteiger partial charge in [0.15, 0.2) is 11.5 Å². The first-order chi connectivity index (χ1) is 17.0. The number of anilines is 1. The predicted octanol–water partition coefficient (Wildman–Crippen LogP) is 3.76. The van der Waals surface area contributed by atoms with Crippen LogP contribution in [0.15, 0.2) is 90.2 Å². The zero-order valence-corrected chi connectivity index (χ0v) is 19.0. The molecule has 178 valence electrons. The summed E-state index contributed by atoms with van der Waals surface area (Å²) in [7, 11) is 1.55. The molecule has 1 aromatic heterocycles. The molecule has 1 amide bonds. The van der Waals surface area contributed by atoms with Crippen LogP contribution in [0.25, 0.3) is 0 Å². The maximum absolute atomic E-state index is 12.5. The van der Waals surface area contributed by atoms with Crippen LogP contribution in [0.1, 0.15) is 27.6 Å². The lowest BCUT2D eigenvalue weighted by Crippen LogP contribution is -2.19. The second kappa shape index (κ2) is 11.0. The van der Waals surface area contributed by atoms with Crippen LogP contribution in [-0.2, 0) is 6.54 Å². The van der Waals surface area contributed by atoms with Crippen LogP contribution in [-0.4, -0.2) is 34.1 Å². The Kier molecular flexibility index (Phi) is 7.39. The van der Waals surface area contributed by atoms with E-state index in [0.717, 1.165) is 5.56 Å². The van der Waals surface area contributed by atoms with Crippen molar-refractivity contribution in [3.05, 3.63) is 102 Å². The van der Waals surface area contributed by atoms with E-state index < -0.39 is 12.0 Å². The molecule has 4 N–H and O–H groups in total. The molecule has 0 saturated heterocycles. The molecule has 4 rings (SSSR count). The number of amides is 1. The molecule has 0 aliphatic rings. The maximum atomic E-state index is 12.5. The number of aliphatic hydroxyl groups excluding tert-OH is 1. The summed E-state index contributed by atoms with van der Waals surface area (Å²) in [5.41, 5.74) is 10.1. The predicted molar refractivity (Wildman–Crippen MR) is 133 cm³/mol. The van der Waals surface area contributed by atoms with Crippen molar-refractivity contribution in [1.29, 1.82) is 0 Å². The number of hydrazone groups is 1. The van der Waals surface area contributed by atoms with E-state index in [1.54, 1.807) is 25.3 Å². The fourth-order valence-corrected chi connectivity index (χ4v) is 3.35. The van der Waals surface area contributed by atoms with Gasteiger partial charge in [-0.3, -0.25) is 4.79 Å². The van der Waals surface area contributed by atoms with Crippen molar-refractivity contribution in [2.24, 2.45) is 5.10 Å². The van der Waals surface area contributed by atoms with Gasteiger partial charge in [-0.15, -0.1) is 0 Å². The average Bonchev–Trinajstić information content (AvgIpc) is 3.25. The minimum Gasteiger partial charge on any atom is -0.493 e. The molecule has 0 saturated carbocycles. The Morgan fingerprint density at radius 3 is 2.54 bits per heavy atom. The molecule has 0 radical (unpaired) electrons. The topological polar surface area (TPSA) is 124 Å². The minimum absolute atomic E-state index is 0.115. The number of nitrogens with one attached hydrogen (secondary N) is 1. The van der Waals surface area contributed by atoms with Crippen LogP contribution >= 0.6 is 0 Å². The van der Waals surface area contributed by atoms with Crippen molar-refractivity contribution in [2.45, 2.75) is 12.6 Å². The number of methoxy groups -OCH3 is 1. The highest BCUT2D eigenvalue weighted by Crippen LogP contribution is 2.31. The monoisotopic (exact) mass is 471 g/mol. The number of hydrogen-bond acceptors (Lipinski definition) is 7. The minimum atomic E-state index is -0.809. The molecule has 0 spiro atoms. The molecular weight excluding hydrogens is 446 g/mol. The first kappa shape index (κ1) is 23.5. The normalized spacial score (nSPS) is 11.8. The molecule has 9 nitrogen and oxygen atoms in total. The molecular formula is C26H25N5O4. The smallest absolute Gasteiger partial charge is 0.276 e. The van der Waals surface area contributed by atoms with E-state index in [4.69, 9.17) is 15.2 Å². The number of carbonyl (C=O) groups is 1. The van der Waals surface area contributed by atoms with Gasteiger partial charge in [0.25, 0.3) is 5.91 Å². The van der Waals surface area contributed by atoms with Crippen molar-refractivity contribution in [3.8, 4) is 17.2 Å². The van der Waals surface area contributed by atoms with Crippen molar-refractivity contribution < 1.29 is 19.4 Å². The van der Waals surface area contributed by atoms with Crippen molar-refractivity contribution in [2.75, 3.05) is 12.8 Å². The van der Waals surface area contributed by atoms with E-state index in [2.05, 4.69) is 15.6 Å². The van der Waals surface area contributed by atoms with Gasteiger partial charge < -0.3 is 20.3 Å². The lowest BCUT2D eigenvalue weighted by atomic mass is 10.1. The number of hydrogen-bond donors (Lipinski definition) is 3. The summed E-state index contributed by atoms with van der Waals surface area (Å²) in [5.74, 6) is 1.38. The number of aromatic nitrogens is 2. The number of para-hydroxylation sites is 1. The number of nitrogens with zero attached hydrogens (tertiary/aromatic N) is 3. The zero-order valence-electron chi connectivity index (χ0n) is 19.0. The van der Waals surface area contributed by atoms with Crippen LogP contribution in [0, 0.1) is 0 Å². The fraction of sp³-hybridized carbons (Fsp3) is 0.115. The zero-order chi connectivity index (χ0) is 24.6. The number of carbonyl (C=O) groups excluding carboxylic acids is 1. The van der Waals surface area contributed by atoms with Crippen LogP contribution in [0.4, 0.5) is 5.82 Å². The van der Waals surface area contributed by atoms with E-state index in [9.17, 15) is 9.90 Å². The SMILES string of the molecule is COc1cc(/C=N/NC(=O)c2cnn(CC(O)c3ccccc3)c2N)ccc1Oc1ccccc1. The summed E-state index contributed by atoms with van der Waals surface area (Å²) in [5, 5.41) is 18.5. The van der Waals surface area contributed by atoms with Gasteiger partial charge in [0.05, 0.1) is 32.2 Å². The van der Waals surface area contributed by atoms with E-state index in [1.807, 2.05) is 60.7 Å². The Bertz CT molecular complexity index is 1310. The maximum Gasteiger partial charge on any atom is 0.276 e. The Hall–Kier alpha value is -4.63. The number of rotatable bonds is 9. The van der Waals surface area contributed by atoms with Crippen LogP contribution in [0.5, 0.6) is 17.2 Å². The number of benzene rings is 3. The van der Waals surface area contributed by atoms with Crippen LogP contribution < -0.4 is 20.6 Å². The van der Waals surface area contributed by atoms with Gasteiger partial charge in [0.1, 0.15) is 17.1 Å². The third kappa shape index (κ3) is 5.84. The molecule has 9 heteroatoms. The number of nitrogens with two attached hydrogens (primary N) is 1. The standard InChI is InChI=1S/C26H25N5O4/c1-34-24-14-18(12-13-23(24)35-20-10-6-3-7-11-20)15-28-30-26(33)21-16-29-31(25(21)27)17-22(32)19-8-4-2-5-9-19/h2-16,22,32H,17,27H2,1H3,(H,30,33)/b28-15+. The third-order valence-corrected chi connectivity index (χ3v) is 5.19. The van der Waals surface area contributed by atoms with E-state index >= 15 is 0 Å². The summed E-state index contributed by atoms with van der Waals surface area (Å²) >= 11 is 0. The molecule has 1 atom stereocenters. The van der Waals surface area contributed by atoms with Gasteiger partial charge in [-0.05, 0) is 41.5 Å². The number of ether oxygens (including phenoxy) is 2. The van der Waals surface area contributed by atoms with E-state index in [-0.39, 0.29) is 17.9 Å². The van der Waals surface area contributed by atoms with Gasteiger partial charge in [0, 0.05) is 0 Å². The molecule has 35 heavy (non-hydrogen) atoms. The first-order valence-electron chi connectivity index (χ1n) is 10.8. The Morgan fingerprint density at radius 1 is 1.11 bits per heavy atom. The highest BCUT2D eigenvalue weighted by Gasteiger charge is 2.17. The van der Waals surface area contributed by atoms with Crippen LogP contribution in [0.2, 0.25) is 0 Å². The lowest BCUT2D eigenvalue weighted by Gasteiger charge is -2.12. The van der Waals surface area contributed by atoms with Gasteiger partial charge in [-0.2, -0.15) is 10.2 Å². The Labute approximate surface area is 202 Å². The molecule has 4 aromatic rings. The molecule has 0 aliphatic heterocycles. The molecule has 0 fully saturated rings. The quantitative estimate of drug-likeness (QED) is 0.252. The summed E-state index contributed by atoms with van der Waals surface area (Å²) in [6.45, 7) is 0.115. The van der Waals surface area contributed by atoms with Gasteiger partial charge in [-0.25, -0.2) is 10.1 Å². The number of nitrogen functional groups attached to an aromatic ring is 1. The van der Waals surface area contributed by atoms with E-state index in [1.165, 1.54) is 17.1 Å². The summed E-state index contributed by atoms with van der Waals surface area (Å²) < 4.78 is 12.6. The molecule has 0 bridgehead atoms. The highest BCUT2D eigenvalue weighted by molar-refractivity contribution is 5.98. The third-order valence-electron chi connectivity index (χ3n) is 5.19. The Balaban J connectivity index is 1.38. The second-order valence-electron chi connectivity index (χ2n) is 7.58. The fourth-order valence-electron chi connectivity index (χ4n) is 3.35.